The number of hydrogen-bond donors (Lipinski definition) is 0. The van der Waals surface area contributed by atoms with Crippen molar-refractivity contribution in [2.75, 3.05) is 0 Å². The van der Waals surface area contributed by atoms with Gasteiger partial charge in [-0.15, -0.1) is 0 Å². The number of hydrogen-bond acceptors (Lipinski definition) is 4. The SMILES string of the molecule is CC12N=C(c3cccc(-c4cc(-c5ccccc5)nc(-c5ccccc5)n4)c3)C=CC1C=Cc1c2nc2ccccc2c1-c1ccccc1. The van der Waals surface area contributed by atoms with Crippen molar-refractivity contribution >= 4 is 22.7 Å². The summed E-state index contributed by atoms with van der Waals surface area (Å²) < 4.78 is 0. The predicted octanol–water partition coefficient (Wildman–Crippen LogP) is 10.6. The third kappa shape index (κ3) is 5.10. The molecular formula is C45H32N4. The Labute approximate surface area is 285 Å². The number of pyridine rings is 1. The molecule has 4 nitrogen and oxygen atoms in total. The van der Waals surface area contributed by atoms with Crippen molar-refractivity contribution < 1.29 is 0 Å². The van der Waals surface area contributed by atoms with Crippen molar-refractivity contribution in [1.29, 1.82) is 0 Å². The molecule has 0 saturated heterocycles. The Morgan fingerprint density at radius 3 is 1.86 bits per heavy atom. The Morgan fingerprint density at radius 2 is 1.10 bits per heavy atom. The van der Waals surface area contributed by atoms with Crippen molar-refractivity contribution in [2.24, 2.45) is 10.9 Å². The van der Waals surface area contributed by atoms with E-state index in [1.807, 2.05) is 36.4 Å². The minimum Gasteiger partial charge on any atom is -0.271 e. The lowest BCUT2D eigenvalue weighted by Gasteiger charge is -2.38. The van der Waals surface area contributed by atoms with Crippen LogP contribution in [0.15, 0.2) is 169 Å². The molecule has 2 unspecified atom stereocenters. The van der Waals surface area contributed by atoms with Crippen LogP contribution in [0.3, 0.4) is 0 Å². The second-order valence-corrected chi connectivity index (χ2v) is 12.8. The maximum Gasteiger partial charge on any atom is 0.160 e. The van der Waals surface area contributed by atoms with E-state index in [-0.39, 0.29) is 5.92 Å². The third-order valence-electron chi connectivity index (χ3n) is 9.69. The number of allylic oxidation sites excluding steroid dienone is 1. The van der Waals surface area contributed by atoms with Gasteiger partial charge in [-0.05, 0) is 36.8 Å². The van der Waals surface area contributed by atoms with Gasteiger partial charge in [0.05, 0.1) is 28.3 Å². The molecule has 0 amide bonds. The molecule has 232 valence electrons. The van der Waals surface area contributed by atoms with Crippen LogP contribution in [0.1, 0.15) is 23.7 Å². The molecule has 1 aliphatic carbocycles. The number of benzene rings is 5. The largest absolute Gasteiger partial charge is 0.271 e. The number of dihydropyridines is 1. The lowest BCUT2D eigenvalue weighted by atomic mass is 9.73. The van der Waals surface area contributed by atoms with Crippen LogP contribution in [0.4, 0.5) is 0 Å². The van der Waals surface area contributed by atoms with Gasteiger partial charge in [-0.3, -0.25) is 4.99 Å². The van der Waals surface area contributed by atoms with Crippen LogP contribution in [0.25, 0.3) is 62.0 Å². The normalized spacial score (nSPS) is 17.7. The Hall–Kier alpha value is -6.26. The molecule has 0 N–H and O–H groups in total. The summed E-state index contributed by atoms with van der Waals surface area (Å²) in [4.78, 5) is 20.9. The minimum absolute atomic E-state index is 0.0907. The summed E-state index contributed by atoms with van der Waals surface area (Å²) in [5, 5.41) is 1.15. The molecule has 2 aromatic heterocycles. The van der Waals surface area contributed by atoms with Crippen LogP contribution < -0.4 is 0 Å². The highest BCUT2D eigenvalue weighted by atomic mass is 14.9. The summed E-state index contributed by atoms with van der Waals surface area (Å²) in [6.45, 7) is 2.23. The monoisotopic (exact) mass is 628 g/mol. The second kappa shape index (κ2) is 11.8. The number of fused-ring (bicyclic) bond motifs is 4. The highest BCUT2D eigenvalue weighted by Crippen LogP contribution is 2.47. The zero-order chi connectivity index (χ0) is 32.8. The topological polar surface area (TPSA) is 51.0 Å². The van der Waals surface area contributed by atoms with Crippen LogP contribution in [0, 0.1) is 5.92 Å². The summed E-state index contributed by atoms with van der Waals surface area (Å²) >= 11 is 0. The average Bonchev–Trinajstić information content (AvgIpc) is 3.17. The van der Waals surface area contributed by atoms with E-state index in [0.29, 0.717) is 5.82 Å². The standard InChI is InChI=1S/C45H32N4/c1-45-35(24-26-37-42(31-16-7-3-8-17-31)36-22-11-12-23-39(36)46-43(37)45)25-27-38(49-45)33-20-13-21-34(28-33)41-29-40(30-14-5-2-6-15-30)47-44(48-41)32-18-9-4-10-19-32/h2-29,35H,1H3. The summed E-state index contributed by atoms with van der Waals surface area (Å²) in [5.41, 5.74) is 11.7. The molecule has 4 heteroatoms. The molecule has 0 fully saturated rings. The van der Waals surface area contributed by atoms with Crippen LogP contribution in [0.5, 0.6) is 0 Å². The molecule has 0 bridgehead atoms. The molecule has 7 aromatic rings. The Bertz CT molecular complexity index is 2390. The summed E-state index contributed by atoms with van der Waals surface area (Å²) in [6.07, 6.45) is 8.97. The first-order valence-corrected chi connectivity index (χ1v) is 16.7. The first-order valence-electron chi connectivity index (χ1n) is 16.7. The zero-order valence-electron chi connectivity index (χ0n) is 27.0. The van der Waals surface area contributed by atoms with E-state index in [4.69, 9.17) is 19.9 Å². The molecular weight excluding hydrogens is 597 g/mol. The third-order valence-corrected chi connectivity index (χ3v) is 9.69. The molecule has 5 aromatic carbocycles. The lowest BCUT2D eigenvalue weighted by Crippen LogP contribution is -2.35. The van der Waals surface area contributed by atoms with E-state index in [2.05, 4.69) is 140 Å². The van der Waals surface area contributed by atoms with Gasteiger partial charge in [-0.2, -0.15) is 0 Å². The van der Waals surface area contributed by atoms with Gasteiger partial charge in [0.25, 0.3) is 0 Å². The Kier molecular flexibility index (Phi) is 6.94. The number of aromatic nitrogens is 3. The van der Waals surface area contributed by atoms with E-state index in [1.54, 1.807) is 0 Å². The quantitative estimate of drug-likeness (QED) is 0.191. The molecule has 9 rings (SSSR count). The van der Waals surface area contributed by atoms with Gasteiger partial charge in [0.2, 0.25) is 0 Å². The first-order chi connectivity index (χ1) is 24.1. The molecule has 0 spiro atoms. The first kappa shape index (κ1) is 28.9. The van der Waals surface area contributed by atoms with E-state index < -0.39 is 5.54 Å². The Balaban J connectivity index is 1.17. The van der Waals surface area contributed by atoms with Gasteiger partial charge in [-0.1, -0.05) is 146 Å². The van der Waals surface area contributed by atoms with Gasteiger partial charge in [0.15, 0.2) is 5.82 Å². The predicted molar refractivity (Wildman–Crippen MR) is 201 cm³/mol. The van der Waals surface area contributed by atoms with E-state index in [1.165, 1.54) is 11.1 Å². The second-order valence-electron chi connectivity index (χ2n) is 12.8. The molecule has 0 saturated carbocycles. The lowest BCUT2D eigenvalue weighted by molar-refractivity contribution is 0.403. The Morgan fingerprint density at radius 1 is 0.510 bits per heavy atom. The molecule has 2 aliphatic rings. The molecule has 0 radical (unpaired) electrons. The fourth-order valence-electron chi connectivity index (χ4n) is 7.16. The van der Waals surface area contributed by atoms with E-state index in [9.17, 15) is 0 Å². The van der Waals surface area contributed by atoms with Crippen molar-refractivity contribution in [3.05, 3.63) is 181 Å². The van der Waals surface area contributed by atoms with Crippen molar-refractivity contribution in [3.8, 4) is 45.0 Å². The van der Waals surface area contributed by atoms with E-state index in [0.717, 1.165) is 61.5 Å². The van der Waals surface area contributed by atoms with Gasteiger partial charge >= 0.3 is 0 Å². The van der Waals surface area contributed by atoms with Crippen molar-refractivity contribution in [1.82, 2.24) is 15.0 Å². The fraction of sp³-hybridized carbons (Fsp3) is 0.0667. The van der Waals surface area contributed by atoms with Gasteiger partial charge in [0, 0.05) is 44.7 Å². The number of nitrogens with zero attached hydrogens (tertiary/aromatic N) is 4. The summed E-state index contributed by atoms with van der Waals surface area (Å²) in [7, 11) is 0. The van der Waals surface area contributed by atoms with Crippen molar-refractivity contribution in [3.63, 3.8) is 0 Å². The molecule has 2 atom stereocenters. The maximum atomic E-state index is 5.54. The van der Waals surface area contributed by atoms with Crippen molar-refractivity contribution in [2.45, 2.75) is 12.5 Å². The highest BCUT2D eigenvalue weighted by molar-refractivity contribution is 6.10. The fourth-order valence-corrected chi connectivity index (χ4v) is 7.16. The number of rotatable bonds is 5. The van der Waals surface area contributed by atoms with Gasteiger partial charge in [0.1, 0.15) is 5.54 Å². The average molecular weight is 629 g/mol. The maximum absolute atomic E-state index is 5.54. The number of aliphatic imine (C=N–C) groups is 1. The highest BCUT2D eigenvalue weighted by Gasteiger charge is 2.41. The molecule has 49 heavy (non-hydrogen) atoms. The van der Waals surface area contributed by atoms with Crippen LogP contribution in [-0.2, 0) is 5.54 Å². The number of para-hydroxylation sites is 1. The smallest absolute Gasteiger partial charge is 0.160 e. The van der Waals surface area contributed by atoms with Gasteiger partial charge in [-0.25, -0.2) is 15.0 Å². The summed E-state index contributed by atoms with van der Waals surface area (Å²) in [6, 6.07) is 50.2. The molecule has 3 heterocycles. The summed E-state index contributed by atoms with van der Waals surface area (Å²) in [5.74, 6) is 0.790. The minimum atomic E-state index is -0.576. The van der Waals surface area contributed by atoms with Crippen LogP contribution in [0.2, 0.25) is 0 Å². The van der Waals surface area contributed by atoms with Gasteiger partial charge < -0.3 is 0 Å². The molecule has 1 aliphatic heterocycles. The zero-order valence-corrected chi connectivity index (χ0v) is 27.0. The van der Waals surface area contributed by atoms with E-state index >= 15 is 0 Å². The van der Waals surface area contributed by atoms with Crippen LogP contribution in [-0.4, -0.2) is 20.7 Å². The van der Waals surface area contributed by atoms with Crippen LogP contribution >= 0.6 is 0 Å².